The second-order valence-corrected chi connectivity index (χ2v) is 5.51. The molecule has 2 N–H and O–H groups in total. The maximum absolute atomic E-state index is 11.9. The molecule has 4 nitrogen and oxygen atoms in total. The van der Waals surface area contributed by atoms with E-state index in [2.05, 4.69) is 26.6 Å². The first-order valence-corrected chi connectivity index (χ1v) is 6.87. The van der Waals surface area contributed by atoms with Crippen LogP contribution >= 0.6 is 15.9 Å². The van der Waals surface area contributed by atoms with Gasteiger partial charge in [0, 0.05) is 35.7 Å². The molecule has 0 spiro atoms. The zero-order valence-corrected chi connectivity index (χ0v) is 12.3. The van der Waals surface area contributed by atoms with Gasteiger partial charge in [-0.15, -0.1) is 0 Å². The number of amides is 2. The Bertz CT molecular complexity index is 450. The van der Waals surface area contributed by atoms with Gasteiger partial charge in [-0.1, -0.05) is 22.0 Å². The molecule has 5 heteroatoms. The van der Waals surface area contributed by atoms with Crippen LogP contribution in [0.5, 0.6) is 0 Å². The SMILES string of the molecule is CNCC1CNC(=O)N(c2ccc(C)c(Br)c2)C1. The Morgan fingerprint density at radius 3 is 3.00 bits per heavy atom. The van der Waals surface area contributed by atoms with Gasteiger partial charge in [0.1, 0.15) is 0 Å². The summed E-state index contributed by atoms with van der Waals surface area (Å²) in [5.41, 5.74) is 2.11. The van der Waals surface area contributed by atoms with Crippen LogP contribution in [0.2, 0.25) is 0 Å². The van der Waals surface area contributed by atoms with Gasteiger partial charge in [-0.05, 0) is 31.7 Å². The van der Waals surface area contributed by atoms with Crippen molar-refractivity contribution in [2.45, 2.75) is 6.92 Å². The summed E-state index contributed by atoms with van der Waals surface area (Å²) in [6.45, 7) is 4.43. The third-order valence-electron chi connectivity index (χ3n) is 3.19. The highest BCUT2D eigenvalue weighted by Crippen LogP contribution is 2.25. The van der Waals surface area contributed by atoms with E-state index in [1.165, 1.54) is 5.56 Å². The molecule has 1 aromatic rings. The summed E-state index contributed by atoms with van der Waals surface area (Å²) in [6.07, 6.45) is 0. The van der Waals surface area contributed by atoms with Crippen LogP contribution in [0, 0.1) is 12.8 Å². The first-order valence-electron chi connectivity index (χ1n) is 6.08. The lowest BCUT2D eigenvalue weighted by atomic mass is 10.1. The summed E-state index contributed by atoms with van der Waals surface area (Å²) in [6, 6.07) is 5.99. The van der Waals surface area contributed by atoms with Crippen LogP contribution in [0.4, 0.5) is 10.5 Å². The minimum atomic E-state index is -0.0156. The fraction of sp³-hybridized carbons (Fsp3) is 0.462. The molecule has 0 aliphatic carbocycles. The second-order valence-electron chi connectivity index (χ2n) is 4.65. The molecule has 2 rings (SSSR count). The molecular weight excluding hydrogens is 294 g/mol. The van der Waals surface area contributed by atoms with E-state index in [4.69, 9.17) is 0 Å². The maximum atomic E-state index is 11.9. The predicted molar refractivity (Wildman–Crippen MR) is 77.0 cm³/mol. The van der Waals surface area contributed by atoms with E-state index in [1.807, 2.05) is 32.2 Å². The molecule has 1 saturated heterocycles. The van der Waals surface area contributed by atoms with Crippen molar-refractivity contribution in [1.82, 2.24) is 10.6 Å². The van der Waals surface area contributed by atoms with Crippen LogP contribution in [-0.4, -0.2) is 32.7 Å². The van der Waals surface area contributed by atoms with Gasteiger partial charge >= 0.3 is 6.03 Å². The van der Waals surface area contributed by atoms with E-state index in [9.17, 15) is 4.79 Å². The van der Waals surface area contributed by atoms with Crippen LogP contribution in [0.25, 0.3) is 0 Å². The third kappa shape index (κ3) is 2.84. The van der Waals surface area contributed by atoms with Crippen LogP contribution < -0.4 is 15.5 Å². The summed E-state index contributed by atoms with van der Waals surface area (Å²) in [7, 11) is 1.93. The molecule has 0 bridgehead atoms. The molecule has 1 unspecified atom stereocenters. The zero-order chi connectivity index (χ0) is 13.1. The van der Waals surface area contributed by atoms with Crippen molar-refractivity contribution in [3.05, 3.63) is 28.2 Å². The molecule has 18 heavy (non-hydrogen) atoms. The van der Waals surface area contributed by atoms with Crippen LogP contribution in [-0.2, 0) is 0 Å². The van der Waals surface area contributed by atoms with E-state index in [0.717, 1.165) is 29.8 Å². The number of hydrogen-bond acceptors (Lipinski definition) is 2. The summed E-state index contributed by atoms with van der Waals surface area (Å²) >= 11 is 3.51. The Labute approximate surface area is 116 Å². The van der Waals surface area contributed by atoms with Gasteiger partial charge in [-0.2, -0.15) is 0 Å². The standard InChI is InChI=1S/C13H18BrN3O/c1-9-3-4-11(5-12(9)14)17-8-10(6-15-2)7-16-13(17)18/h3-5,10,15H,6-8H2,1-2H3,(H,16,18). The summed E-state index contributed by atoms with van der Waals surface area (Å²) in [4.78, 5) is 13.7. The van der Waals surface area contributed by atoms with Crippen molar-refractivity contribution in [3.63, 3.8) is 0 Å². The van der Waals surface area contributed by atoms with Gasteiger partial charge in [0.2, 0.25) is 0 Å². The van der Waals surface area contributed by atoms with Crippen LogP contribution in [0.1, 0.15) is 5.56 Å². The number of carbonyl (C=O) groups is 1. The largest absolute Gasteiger partial charge is 0.337 e. The summed E-state index contributed by atoms with van der Waals surface area (Å²) < 4.78 is 1.03. The van der Waals surface area contributed by atoms with Gasteiger partial charge in [-0.25, -0.2) is 4.79 Å². The Morgan fingerprint density at radius 1 is 1.56 bits per heavy atom. The highest BCUT2D eigenvalue weighted by atomic mass is 79.9. The molecule has 0 radical (unpaired) electrons. The molecule has 1 aliphatic heterocycles. The molecule has 0 saturated carbocycles. The number of anilines is 1. The van der Waals surface area contributed by atoms with E-state index in [-0.39, 0.29) is 6.03 Å². The van der Waals surface area contributed by atoms with Gasteiger partial charge < -0.3 is 10.6 Å². The number of aryl methyl sites for hydroxylation is 1. The van der Waals surface area contributed by atoms with Crippen LogP contribution in [0.15, 0.2) is 22.7 Å². The van der Waals surface area contributed by atoms with Gasteiger partial charge in [0.25, 0.3) is 0 Å². The first kappa shape index (κ1) is 13.4. The Hall–Kier alpha value is -1.07. The fourth-order valence-electron chi connectivity index (χ4n) is 2.13. The van der Waals surface area contributed by atoms with Crippen molar-refractivity contribution < 1.29 is 4.79 Å². The number of rotatable bonds is 3. The lowest BCUT2D eigenvalue weighted by molar-refractivity contribution is 0.236. The molecule has 0 aromatic heterocycles. The maximum Gasteiger partial charge on any atom is 0.321 e. The molecule has 1 aliphatic rings. The monoisotopic (exact) mass is 311 g/mol. The van der Waals surface area contributed by atoms with Crippen molar-refractivity contribution in [1.29, 1.82) is 0 Å². The fourth-order valence-corrected chi connectivity index (χ4v) is 2.50. The van der Waals surface area contributed by atoms with E-state index in [0.29, 0.717) is 5.92 Å². The van der Waals surface area contributed by atoms with Gasteiger partial charge in [0.05, 0.1) is 0 Å². The molecule has 1 aromatic carbocycles. The Balaban J connectivity index is 2.18. The van der Waals surface area contributed by atoms with E-state index >= 15 is 0 Å². The third-order valence-corrected chi connectivity index (χ3v) is 4.04. The number of halogens is 1. The Kier molecular flexibility index (Phi) is 4.24. The molecule has 1 heterocycles. The number of nitrogens with one attached hydrogen (secondary N) is 2. The minimum absolute atomic E-state index is 0.0156. The first-order chi connectivity index (χ1) is 8.61. The molecule has 1 atom stereocenters. The van der Waals surface area contributed by atoms with Crippen molar-refractivity contribution in [3.8, 4) is 0 Å². The number of nitrogens with zero attached hydrogens (tertiary/aromatic N) is 1. The number of benzene rings is 1. The average molecular weight is 312 g/mol. The lowest BCUT2D eigenvalue weighted by Crippen LogP contribution is -2.53. The molecule has 98 valence electrons. The predicted octanol–water partition coefficient (Wildman–Crippen LogP) is 2.12. The van der Waals surface area contributed by atoms with Crippen molar-refractivity contribution in [2.75, 3.05) is 31.6 Å². The molecule has 2 amide bonds. The number of hydrogen-bond donors (Lipinski definition) is 2. The van der Waals surface area contributed by atoms with E-state index < -0.39 is 0 Å². The normalized spacial score (nSPS) is 19.8. The quantitative estimate of drug-likeness (QED) is 0.898. The van der Waals surface area contributed by atoms with Crippen molar-refractivity contribution >= 4 is 27.6 Å². The van der Waals surface area contributed by atoms with E-state index in [1.54, 1.807) is 4.90 Å². The lowest BCUT2D eigenvalue weighted by Gasteiger charge is -2.33. The summed E-state index contributed by atoms with van der Waals surface area (Å²) in [5, 5.41) is 6.09. The smallest absolute Gasteiger partial charge is 0.321 e. The van der Waals surface area contributed by atoms with Gasteiger partial charge in [0.15, 0.2) is 0 Å². The molecule has 1 fully saturated rings. The summed E-state index contributed by atoms with van der Waals surface area (Å²) in [5.74, 6) is 0.438. The average Bonchev–Trinajstić information content (AvgIpc) is 2.35. The number of urea groups is 1. The second kappa shape index (κ2) is 5.71. The number of carbonyl (C=O) groups excluding carboxylic acids is 1. The topological polar surface area (TPSA) is 44.4 Å². The minimum Gasteiger partial charge on any atom is -0.337 e. The van der Waals surface area contributed by atoms with Gasteiger partial charge in [-0.3, -0.25) is 4.90 Å². The highest BCUT2D eigenvalue weighted by Gasteiger charge is 2.26. The Morgan fingerprint density at radius 2 is 2.33 bits per heavy atom. The highest BCUT2D eigenvalue weighted by molar-refractivity contribution is 9.10. The zero-order valence-electron chi connectivity index (χ0n) is 10.7. The van der Waals surface area contributed by atoms with Crippen LogP contribution in [0.3, 0.4) is 0 Å². The van der Waals surface area contributed by atoms with Crippen molar-refractivity contribution in [2.24, 2.45) is 5.92 Å². The molecular formula is C13H18BrN3O.